The molecule has 0 radical (unpaired) electrons. The van der Waals surface area contributed by atoms with Crippen LogP contribution in [-0.4, -0.2) is 67.2 Å². The fourth-order valence-corrected chi connectivity index (χ4v) is 9.47. The number of sulfonamides is 1. The van der Waals surface area contributed by atoms with Crippen molar-refractivity contribution in [2.24, 2.45) is 5.41 Å². The molecule has 1 aromatic heterocycles. The number of hydrogen-bond donors (Lipinski definition) is 2. The van der Waals surface area contributed by atoms with Gasteiger partial charge in [-0.2, -0.15) is 0 Å². The number of nitrogens with one attached hydrogen (secondary N) is 2. The number of methoxy groups -OCH3 is 1. The van der Waals surface area contributed by atoms with Gasteiger partial charge in [-0.15, -0.1) is 0 Å². The third-order valence-electron chi connectivity index (χ3n) is 11.9. The number of ether oxygens (including phenoxy) is 1. The minimum atomic E-state index is -3.81. The molecule has 2 amide bonds. The number of fused-ring (bicyclic) bond motifs is 1. The molecule has 0 unspecified atom stereocenters. The Labute approximate surface area is 291 Å². The molecule has 7 rings (SSSR count). The second-order valence-electron chi connectivity index (χ2n) is 15.5. The van der Waals surface area contributed by atoms with Crippen LogP contribution in [0.2, 0.25) is 0 Å². The van der Waals surface area contributed by atoms with Gasteiger partial charge in [0.25, 0.3) is 5.91 Å². The zero-order valence-electron chi connectivity index (χ0n) is 29.6. The van der Waals surface area contributed by atoms with Crippen molar-refractivity contribution in [3.63, 3.8) is 0 Å². The minimum Gasteiger partial charge on any atom is -0.497 e. The zero-order chi connectivity index (χ0) is 34.6. The van der Waals surface area contributed by atoms with Gasteiger partial charge in [-0.05, 0) is 107 Å². The maximum atomic E-state index is 14.6. The second-order valence-corrected chi connectivity index (χ2v) is 17.8. The molecule has 3 aliphatic carbocycles. The van der Waals surface area contributed by atoms with Crippen LogP contribution in [0.3, 0.4) is 0 Å². The smallest absolute Gasteiger partial charge is 0.264 e. The molecule has 9 nitrogen and oxygen atoms in total. The number of piperazine rings is 1. The number of rotatable bonds is 9. The van der Waals surface area contributed by atoms with Crippen molar-refractivity contribution in [2.75, 3.05) is 26.7 Å². The van der Waals surface area contributed by atoms with Crippen LogP contribution in [0.5, 0.6) is 5.75 Å². The highest BCUT2D eigenvalue weighted by atomic mass is 32.2. The van der Waals surface area contributed by atoms with Gasteiger partial charge < -0.3 is 19.5 Å². The average molecular weight is 689 g/mol. The number of aromatic nitrogens is 1. The highest BCUT2D eigenvalue weighted by Crippen LogP contribution is 2.53. The van der Waals surface area contributed by atoms with E-state index in [-0.39, 0.29) is 11.4 Å². The standard InChI is InChI=1S/C39H52N4O5S/c1-26(2)49(46,47)41-36(44)29-12-14-32-33(23-29)43(24-38(18-19-38)37(45)42-21-20-40-39(25-42)16-8-9-17-39)35(34(32)28-10-6-5-7-11-28)31-15-13-30(48-4)22-27(31)3/h12-15,22-23,26,28,40H,5-11,16-21,24-25H2,1-4H3,(H,41,44). The summed E-state index contributed by atoms with van der Waals surface area (Å²) in [5, 5.41) is 4.10. The lowest BCUT2D eigenvalue weighted by atomic mass is 9.81. The fraction of sp³-hybridized carbons (Fsp3) is 0.590. The third-order valence-corrected chi connectivity index (χ3v) is 13.6. The van der Waals surface area contributed by atoms with Crippen molar-refractivity contribution >= 4 is 32.7 Å². The molecule has 3 saturated carbocycles. The van der Waals surface area contributed by atoms with E-state index >= 15 is 0 Å². The molecule has 2 heterocycles. The molecular weight excluding hydrogens is 637 g/mol. The van der Waals surface area contributed by atoms with Crippen LogP contribution in [-0.2, 0) is 21.4 Å². The van der Waals surface area contributed by atoms with Gasteiger partial charge in [-0.1, -0.05) is 38.2 Å². The van der Waals surface area contributed by atoms with Crippen molar-refractivity contribution in [1.29, 1.82) is 0 Å². The van der Waals surface area contributed by atoms with E-state index in [1.54, 1.807) is 27.0 Å². The van der Waals surface area contributed by atoms with Crippen molar-refractivity contribution < 1.29 is 22.7 Å². The largest absolute Gasteiger partial charge is 0.497 e. The molecule has 4 fully saturated rings. The molecule has 49 heavy (non-hydrogen) atoms. The number of carbonyl (C=O) groups is 2. The minimum absolute atomic E-state index is 0.0439. The summed E-state index contributed by atoms with van der Waals surface area (Å²) in [6.07, 6.45) is 12.0. The number of nitrogens with zero attached hydrogens (tertiary/aromatic N) is 2. The summed E-state index contributed by atoms with van der Waals surface area (Å²) in [4.78, 5) is 30.2. The van der Waals surface area contributed by atoms with Crippen LogP contribution < -0.4 is 14.8 Å². The number of benzene rings is 2. The Morgan fingerprint density at radius 3 is 2.39 bits per heavy atom. The van der Waals surface area contributed by atoms with Crippen LogP contribution in [0.15, 0.2) is 36.4 Å². The molecule has 0 bridgehead atoms. The second kappa shape index (κ2) is 13.1. The molecule has 1 spiro atoms. The van der Waals surface area contributed by atoms with Crippen LogP contribution >= 0.6 is 0 Å². The Kier molecular flexibility index (Phi) is 9.09. The van der Waals surface area contributed by atoms with Gasteiger partial charge in [-0.25, -0.2) is 13.1 Å². The van der Waals surface area contributed by atoms with Gasteiger partial charge >= 0.3 is 0 Å². The summed E-state index contributed by atoms with van der Waals surface area (Å²) >= 11 is 0. The monoisotopic (exact) mass is 688 g/mol. The van der Waals surface area contributed by atoms with E-state index in [1.165, 1.54) is 37.7 Å². The van der Waals surface area contributed by atoms with Crippen molar-refractivity contribution in [3.05, 3.63) is 53.1 Å². The Hall–Kier alpha value is -3.37. The summed E-state index contributed by atoms with van der Waals surface area (Å²) in [5.74, 6) is 0.749. The van der Waals surface area contributed by atoms with Crippen molar-refractivity contribution in [1.82, 2.24) is 19.5 Å². The molecule has 2 N–H and O–H groups in total. The quantitative estimate of drug-likeness (QED) is 0.260. The first-order chi connectivity index (χ1) is 23.5. The number of amides is 2. The lowest BCUT2D eigenvalue weighted by molar-refractivity contribution is -0.140. The van der Waals surface area contributed by atoms with E-state index in [2.05, 4.69) is 38.6 Å². The van der Waals surface area contributed by atoms with E-state index in [4.69, 9.17) is 4.74 Å². The van der Waals surface area contributed by atoms with Gasteiger partial charge in [0.1, 0.15) is 5.75 Å². The van der Waals surface area contributed by atoms with Gasteiger partial charge in [0.2, 0.25) is 15.9 Å². The lowest BCUT2D eigenvalue weighted by Gasteiger charge is -2.43. The van der Waals surface area contributed by atoms with Gasteiger partial charge in [0.15, 0.2) is 0 Å². The van der Waals surface area contributed by atoms with Crippen LogP contribution in [0.1, 0.15) is 112 Å². The lowest BCUT2D eigenvalue weighted by Crippen LogP contribution is -2.61. The Balaban J connectivity index is 1.37. The first-order valence-electron chi connectivity index (χ1n) is 18.4. The van der Waals surface area contributed by atoms with Crippen molar-refractivity contribution in [2.45, 2.75) is 115 Å². The number of hydrogen-bond acceptors (Lipinski definition) is 6. The number of carbonyl (C=O) groups excluding carboxylic acids is 2. The van der Waals surface area contributed by atoms with E-state index in [9.17, 15) is 18.0 Å². The highest BCUT2D eigenvalue weighted by Gasteiger charge is 2.54. The summed E-state index contributed by atoms with van der Waals surface area (Å²) < 4.78 is 35.6. The number of aryl methyl sites for hydroxylation is 1. The fourth-order valence-electron chi connectivity index (χ4n) is 8.86. The van der Waals surface area contributed by atoms with Gasteiger partial charge in [0, 0.05) is 53.7 Å². The van der Waals surface area contributed by atoms with Crippen LogP contribution in [0.4, 0.5) is 0 Å². The van der Waals surface area contributed by atoms with Gasteiger partial charge in [-0.3, -0.25) is 9.59 Å². The Morgan fingerprint density at radius 1 is 1.00 bits per heavy atom. The van der Waals surface area contributed by atoms with E-state index in [0.29, 0.717) is 18.0 Å². The van der Waals surface area contributed by atoms with Gasteiger partial charge in [0.05, 0.1) is 23.5 Å². The Bertz CT molecular complexity index is 1860. The highest BCUT2D eigenvalue weighted by molar-refractivity contribution is 7.90. The molecule has 3 aromatic rings. The molecule has 2 aromatic carbocycles. The molecule has 10 heteroatoms. The summed E-state index contributed by atoms with van der Waals surface area (Å²) in [5.41, 5.74) is 5.28. The summed E-state index contributed by atoms with van der Waals surface area (Å²) in [7, 11) is -2.13. The van der Waals surface area contributed by atoms with Crippen molar-refractivity contribution in [3.8, 4) is 17.0 Å². The predicted octanol–water partition coefficient (Wildman–Crippen LogP) is 6.67. The first-order valence-corrected chi connectivity index (χ1v) is 19.9. The topological polar surface area (TPSA) is 110 Å². The maximum absolute atomic E-state index is 14.6. The molecular formula is C39H52N4O5S. The van der Waals surface area contributed by atoms with Crippen LogP contribution in [0.25, 0.3) is 22.2 Å². The molecule has 1 saturated heterocycles. The molecule has 264 valence electrons. The predicted molar refractivity (Wildman–Crippen MR) is 193 cm³/mol. The third kappa shape index (κ3) is 6.39. The molecule has 4 aliphatic rings. The van der Waals surface area contributed by atoms with E-state index in [1.807, 2.05) is 18.2 Å². The Morgan fingerprint density at radius 2 is 1.73 bits per heavy atom. The first kappa shape index (κ1) is 34.1. The van der Waals surface area contributed by atoms with Crippen LogP contribution in [0, 0.1) is 12.3 Å². The average Bonchev–Trinajstić information content (AvgIpc) is 3.64. The summed E-state index contributed by atoms with van der Waals surface area (Å²) in [6.45, 7) is 8.07. The van der Waals surface area contributed by atoms with E-state index in [0.717, 1.165) is 91.6 Å². The normalized spacial score (nSPS) is 20.6. The SMILES string of the molecule is COc1ccc(-c2c(C3CCCCC3)c3ccc(C(=O)NS(=O)(=O)C(C)C)cc3n2CC2(C(=O)N3CCNC4(CCCC4)C3)CC2)c(C)c1. The summed E-state index contributed by atoms with van der Waals surface area (Å²) in [6, 6.07) is 11.8. The van der Waals surface area contributed by atoms with E-state index < -0.39 is 26.6 Å². The zero-order valence-corrected chi connectivity index (χ0v) is 30.4. The molecule has 0 atom stereocenters. The maximum Gasteiger partial charge on any atom is 0.264 e. The molecule has 1 aliphatic heterocycles.